The second kappa shape index (κ2) is 15.2. The first kappa shape index (κ1) is 36.0. The van der Waals surface area contributed by atoms with Crippen molar-refractivity contribution in [3.05, 3.63) is 53.6 Å². The Kier molecular flexibility index (Phi) is 12.4. The van der Waals surface area contributed by atoms with Crippen LogP contribution in [0.2, 0.25) is 0 Å². The number of phenolic OH excluding ortho intramolecular Hbond substituents is 2. The van der Waals surface area contributed by atoms with Gasteiger partial charge >= 0.3 is 18.1 Å². The minimum atomic E-state index is -5.55. The SMILES string of the molecule is CC(CCCCCCCCC1c2ccc(O)cc2SCC1(C)c1ccc(O)cc1)(CCCCCC(F)(F)C(F)(F)F)C(=O)O. The maximum atomic E-state index is 13.1. The third-order valence-corrected chi connectivity index (χ3v) is 10.7. The average Bonchev–Trinajstić information content (AvgIpc) is 2.94. The van der Waals surface area contributed by atoms with Crippen molar-refractivity contribution in [1.29, 1.82) is 0 Å². The van der Waals surface area contributed by atoms with Gasteiger partial charge in [-0.1, -0.05) is 76.5 Å². The Bertz CT molecular complexity index is 1220. The second-order valence-corrected chi connectivity index (χ2v) is 13.8. The van der Waals surface area contributed by atoms with E-state index in [1.807, 2.05) is 24.3 Å². The van der Waals surface area contributed by atoms with E-state index < -0.39 is 29.9 Å². The van der Waals surface area contributed by atoms with E-state index in [0.717, 1.165) is 49.2 Å². The molecule has 1 aliphatic rings. The summed E-state index contributed by atoms with van der Waals surface area (Å²) in [4.78, 5) is 13.0. The zero-order valence-electron chi connectivity index (χ0n) is 25.6. The summed E-state index contributed by atoms with van der Waals surface area (Å²) >= 11 is 1.74. The summed E-state index contributed by atoms with van der Waals surface area (Å²) in [5.41, 5.74) is 1.25. The number of thioether (sulfide) groups is 1. The minimum Gasteiger partial charge on any atom is -0.508 e. The van der Waals surface area contributed by atoms with Gasteiger partial charge in [0.25, 0.3) is 0 Å². The first-order valence-electron chi connectivity index (χ1n) is 15.5. The maximum absolute atomic E-state index is 13.1. The van der Waals surface area contributed by atoms with Crippen LogP contribution in [0.5, 0.6) is 11.5 Å². The van der Waals surface area contributed by atoms with Gasteiger partial charge in [0, 0.05) is 22.5 Å². The highest BCUT2D eigenvalue weighted by Gasteiger charge is 2.56. The zero-order chi connectivity index (χ0) is 32.6. The molecule has 246 valence electrons. The molecule has 44 heavy (non-hydrogen) atoms. The quantitative estimate of drug-likeness (QED) is 0.118. The van der Waals surface area contributed by atoms with E-state index in [0.29, 0.717) is 19.3 Å². The Morgan fingerprint density at radius 3 is 1.93 bits per heavy atom. The van der Waals surface area contributed by atoms with Crippen LogP contribution in [0.4, 0.5) is 22.0 Å². The van der Waals surface area contributed by atoms with Crippen LogP contribution in [0.1, 0.15) is 114 Å². The van der Waals surface area contributed by atoms with Gasteiger partial charge in [-0.3, -0.25) is 4.79 Å². The van der Waals surface area contributed by atoms with E-state index in [4.69, 9.17) is 0 Å². The van der Waals surface area contributed by atoms with Gasteiger partial charge in [0.1, 0.15) is 11.5 Å². The minimum absolute atomic E-state index is 0.131. The van der Waals surface area contributed by atoms with E-state index in [9.17, 15) is 42.1 Å². The Hall–Kier alpha value is -2.49. The number of benzene rings is 2. The molecule has 4 nitrogen and oxygen atoms in total. The Morgan fingerprint density at radius 2 is 1.34 bits per heavy atom. The third-order valence-electron chi connectivity index (χ3n) is 9.32. The van der Waals surface area contributed by atoms with E-state index in [2.05, 4.69) is 6.92 Å². The highest BCUT2D eigenvalue weighted by molar-refractivity contribution is 7.99. The van der Waals surface area contributed by atoms with Crippen molar-refractivity contribution >= 4 is 17.7 Å². The Labute approximate surface area is 261 Å². The molecule has 10 heteroatoms. The molecule has 2 aromatic carbocycles. The van der Waals surface area contributed by atoms with Gasteiger partial charge in [-0.15, -0.1) is 11.8 Å². The lowest BCUT2D eigenvalue weighted by Crippen LogP contribution is -2.36. The number of aromatic hydroxyl groups is 2. The lowest BCUT2D eigenvalue weighted by molar-refractivity contribution is -0.284. The first-order valence-corrected chi connectivity index (χ1v) is 16.5. The normalized spacial score (nSPS) is 20.2. The molecule has 3 rings (SSSR count). The fourth-order valence-corrected chi connectivity index (χ4v) is 7.70. The third kappa shape index (κ3) is 9.27. The van der Waals surface area contributed by atoms with Gasteiger partial charge in [-0.25, -0.2) is 0 Å². The van der Waals surface area contributed by atoms with Crippen molar-refractivity contribution < 1.29 is 42.1 Å². The molecular weight excluding hydrogens is 599 g/mol. The van der Waals surface area contributed by atoms with E-state index in [1.165, 1.54) is 11.1 Å². The fraction of sp³-hybridized carbons (Fsp3) is 0.618. The summed E-state index contributed by atoms with van der Waals surface area (Å²) < 4.78 is 63.1. The van der Waals surface area contributed by atoms with Crippen LogP contribution in [0, 0.1) is 5.41 Å². The van der Waals surface area contributed by atoms with Crippen LogP contribution < -0.4 is 0 Å². The highest BCUT2D eigenvalue weighted by atomic mass is 32.2. The van der Waals surface area contributed by atoms with Crippen LogP contribution in [0.3, 0.4) is 0 Å². The summed E-state index contributed by atoms with van der Waals surface area (Å²) in [6, 6.07) is 13.0. The van der Waals surface area contributed by atoms with Gasteiger partial charge < -0.3 is 15.3 Å². The van der Waals surface area contributed by atoms with E-state index >= 15 is 0 Å². The van der Waals surface area contributed by atoms with Crippen molar-refractivity contribution in [2.45, 2.75) is 126 Å². The Morgan fingerprint density at radius 1 is 0.818 bits per heavy atom. The number of carboxylic acids is 1. The molecule has 3 N–H and O–H groups in total. The number of alkyl halides is 5. The van der Waals surface area contributed by atoms with Crippen molar-refractivity contribution in [3.8, 4) is 11.5 Å². The number of hydrogen-bond donors (Lipinski definition) is 3. The molecule has 0 saturated carbocycles. The van der Waals surface area contributed by atoms with E-state index in [1.54, 1.807) is 36.9 Å². The number of unbranched alkanes of at least 4 members (excludes halogenated alkanes) is 7. The average molecular weight is 645 g/mol. The summed E-state index contributed by atoms with van der Waals surface area (Å²) in [7, 11) is 0. The van der Waals surface area contributed by atoms with Crippen LogP contribution in [0.25, 0.3) is 0 Å². The summed E-state index contributed by atoms with van der Waals surface area (Å²) in [5.74, 6) is -4.07. The second-order valence-electron chi connectivity index (χ2n) is 12.8. The number of phenols is 2. The standard InChI is InChI=1S/C34H45F5O4S/c1-31(30(42)43,20-10-7-11-21-33(35,36)34(37,38)39)19-9-6-4-3-5-8-12-28-27-18-17-26(41)22-29(27)44-23-32(28,2)24-13-15-25(40)16-14-24/h13-18,22,28,40-41H,3-12,19-21,23H2,1-2H3,(H,42,43). The van der Waals surface area contributed by atoms with Gasteiger partial charge in [0.2, 0.25) is 0 Å². The van der Waals surface area contributed by atoms with Crippen molar-refractivity contribution in [2.24, 2.45) is 5.41 Å². The van der Waals surface area contributed by atoms with Crippen LogP contribution in [-0.2, 0) is 10.2 Å². The van der Waals surface area contributed by atoms with Crippen LogP contribution in [0.15, 0.2) is 47.4 Å². The lowest BCUT2D eigenvalue weighted by atomic mass is 9.68. The molecule has 3 unspecified atom stereocenters. The molecule has 0 fully saturated rings. The molecule has 2 aromatic rings. The maximum Gasteiger partial charge on any atom is 0.453 e. The van der Waals surface area contributed by atoms with Gasteiger partial charge in [-0.2, -0.15) is 22.0 Å². The number of fused-ring (bicyclic) bond motifs is 1. The topological polar surface area (TPSA) is 77.8 Å². The molecule has 0 aromatic heterocycles. The predicted octanol–water partition coefficient (Wildman–Crippen LogP) is 10.6. The molecule has 3 atom stereocenters. The monoisotopic (exact) mass is 644 g/mol. The summed E-state index contributed by atoms with van der Waals surface area (Å²) in [5, 5.41) is 29.6. The molecule has 0 saturated heterocycles. The highest BCUT2D eigenvalue weighted by Crippen LogP contribution is 2.52. The van der Waals surface area contributed by atoms with Gasteiger partial charge in [0.15, 0.2) is 0 Å². The van der Waals surface area contributed by atoms with E-state index in [-0.39, 0.29) is 42.1 Å². The molecule has 0 amide bonds. The molecule has 0 aliphatic carbocycles. The molecule has 1 heterocycles. The number of aliphatic carboxylic acids is 1. The van der Waals surface area contributed by atoms with Crippen LogP contribution >= 0.6 is 11.8 Å². The molecule has 0 bridgehead atoms. The Balaban J connectivity index is 1.43. The van der Waals surface area contributed by atoms with Crippen molar-refractivity contribution in [2.75, 3.05) is 5.75 Å². The molecule has 1 aliphatic heterocycles. The molecular formula is C34H45F5O4S. The largest absolute Gasteiger partial charge is 0.508 e. The van der Waals surface area contributed by atoms with Crippen molar-refractivity contribution in [1.82, 2.24) is 0 Å². The fourth-order valence-electron chi connectivity index (χ4n) is 6.30. The molecule has 0 radical (unpaired) electrons. The first-order chi connectivity index (χ1) is 20.6. The lowest BCUT2D eigenvalue weighted by Gasteiger charge is -2.43. The number of halogens is 5. The number of carboxylic acid groups (broad SMARTS) is 1. The smallest absolute Gasteiger partial charge is 0.453 e. The summed E-state index contributed by atoms with van der Waals surface area (Å²) in [6.45, 7) is 3.90. The summed E-state index contributed by atoms with van der Waals surface area (Å²) in [6.07, 6.45) is 0.561. The van der Waals surface area contributed by atoms with Crippen LogP contribution in [-0.4, -0.2) is 39.1 Å². The predicted molar refractivity (Wildman–Crippen MR) is 164 cm³/mol. The number of hydrogen-bond acceptors (Lipinski definition) is 4. The van der Waals surface area contributed by atoms with Gasteiger partial charge in [-0.05, 0) is 73.9 Å². The number of carbonyl (C=O) groups is 1. The molecule has 0 spiro atoms. The number of rotatable bonds is 17. The zero-order valence-corrected chi connectivity index (χ0v) is 26.4. The van der Waals surface area contributed by atoms with Gasteiger partial charge in [0.05, 0.1) is 5.41 Å². The van der Waals surface area contributed by atoms with Crippen molar-refractivity contribution in [3.63, 3.8) is 0 Å².